The Morgan fingerprint density at radius 3 is 2.30 bits per heavy atom. The zero-order chi connectivity index (χ0) is 14.4. The molecule has 0 saturated heterocycles. The molecule has 0 spiro atoms. The number of hydrogen-bond donors (Lipinski definition) is 0. The Bertz CT molecular complexity index is 599. The van der Waals surface area contributed by atoms with Crippen LogP contribution in [-0.4, -0.2) is 14.2 Å². The molecular weight excluding hydrogens is 250 g/mol. The molecule has 0 amide bonds. The fraction of sp³-hybridized carbons (Fsp3) is 0.235. The van der Waals surface area contributed by atoms with Crippen molar-refractivity contribution in [2.75, 3.05) is 14.2 Å². The molecule has 2 aromatic carbocycles. The molecule has 3 nitrogen and oxygen atoms in total. The predicted octanol–water partition coefficient (Wildman–Crippen LogP) is 3.55. The number of rotatable bonds is 5. The first kappa shape index (κ1) is 14.0. The van der Waals surface area contributed by atoms with Gasteiger partial charge in [0.25, 0.3) is 0 Å². The summed E-state index contributed by atoms with van der Waals surface area (Å²) in [5.41, 5.74) is 2.02. The van der Waals surface area contributed by atoms with Crippen molar-refractivity contribution in [3.05, 3.63) is 59.7 Å². The first-order valence-corrected chi connectivity index (χ1v) is 6.44. The lowest BCUT2D eigenvalue weighted by atomic mass is 9.92. The normalized spacial score (nSPS) is 11.4. The summed E-state index contributed by atoms with van der Waals surface area (Å²) in [5.74, 6) is 1.35. The van der Waals surface area contributed by atoms with Crippen LogP contribution >= 0.6 is 0 Å². The Morgan fingerprint density at radius 2 is 1.70 bits per heavy atom. The second-order valence-corrected chi connectivity index (χ2v) is 4.48. The summed E-state index contributed by atoms with van der Waals surface area (Å²) < 4.78 is 10.5. The average molecular weight is 267 g/mol. The van der Waals surface area contributed by atoms with E-state index in [-0.39, 0.29) is 5.92 Å². The zero-order valence-electron chi connectivity index (χ0n) is 11.7. The minimum absolute atomic E-state index is 0.223. The van der Waals surface area contributed by atoms with Crippen LogP contribution in [0, 0.1) is 11.3 Å². The van der Waals surface area contributed by atoms with Gasteiger partial charge in [0.05, 0.1) is 26.2 Å². The van der Waals surface area contributed by atoms with Gasteiger partial charge in [-0.25, -0.2) is 0 Å². The van der Waals surface area contributed by atoms with E-state index in [0.717, 1.165) is 22.6 Å². The molecule has 2 aromatic rings. The van der Waals surface area contributed by atoms with Crippen molar-refractivity contribution in [3.63, 3.8) is 0 Å². The molecule has 0 radical (unpaired) electrons. The lowest BCUT2D eigenvalue weighted by Gasteiger charge is -2.13. The van der Waals surface area contributed by atoms with E-state index >= 15 is 0 Å². The van der Waals surface area contributed by atoms with Crippen molar-refractivity contribution in [2.24, 2.45) is 0 Å². The SMILES string of the molecule is COc1ccc(CC(C#N)c2ccccc2OC)cc1. The molecule has 2 rings (SSSR count). The van der Waals surface area contributed by atoms with E-state index in [0.29, 0.717) is 6.42 Å². The van der Waals surface area contributed by atoms with E-state index < -0.39 is 0 Å². The molecule has 0 aliphatic carbocycles. The lowest BCUT2D eigenvalue weighted by Crippen LogP contribution is -2.03. The third-order valence-corrected chi connectivity index (χ3v) is 3.27. The van der Waals surface area contributed by atoms with Crippen LogP contribution < -0.4 is 9.47 Å². The van der Waals surface area contributed by atoms with Crippen LogP contribution in [0.15, 0.2) is 48.5 Å². The van der Waals surface area contributed by atoms with Gasteiger partial charge in [-0.15, -0.1) is 0 Å². The van der Waals surface area contributed by atoms with Crippen LogP contribution in [0.4, 0.5) is 0 Å². The highest BCUT2D eigenvalue weighted by molar-refractivity contribution is 5.40. The standard InChI is InChI=1S/C17H17NO2/c1-19-15-9-7-13(8-10-15)11-14(12-18)16-5-3-4-6-17(16)20-2/h3-10,14H,11H2,1-2H3. The number of hydrogen-bond acceptors (Lipinski definition) is 3. The van der Waals surface area contributed by atoms with E-state index in [4.69, 9.17) is 9.47 Å². The van der Waals surface area contributed by atoms with Crippen LogP contribution in [0.25, 0.3) is 0 Å². The lowest BCUT2D eigenvalue weighted by molar-refractivity contribution is 0.408. The first-order chi connectivity index (χ1) is 9.78. The van der Waals surface area contributed by atoms with Gasteiger partial charge in [0.15, 0.2) is 0 Å². The van der Waals surface area contributed by atoms with Crippen LogP contribution in [-0.2, 0) is 6.42 Å². The Kier molecular flexibility index (Phi) is 4.62. The van der Waals surface area contributed by atoms with Gasteiger partial charge in [0, 0.05) is 5.56 Å². The van der Waals surface area contributed by atoms with Gasteiger partial charge in [-0.2, -0.15) is 5.26 Å². The maximum Gasteiger partial charge on any atom is 0.123 e. The molecule has 102 valence electrons. The van der Waals surface area contributed by atoms with E-state index in [1.54, 1.807) is 14.2 Å². The third-order valence-electron chi connectivity index (χ3n) is 3.27. The molecule has 0 heterocycles. The molecule has 0 aliphatic heterocycles. The summed E-state index contributed by atoms with van der Waals surface area (Å²) in [5, 5.41) is 9.43. The van der Waals surface area contributed by atoms with Gasteiger partial charge in [0.2, 0.25) is 0 Å². The Hall–Kier alpha value is -2.47. The van der Waals surface area contributed by atoms with Crippen LogP contribution in [0.1, 0.15) is 17.0 Å². The maximum atomic E-state index is 9.43. The Labute approximate surface area is 119 Å². The van der Waals surface area contributed by atoms with Gasteiger partial charge < -0.3 is 9.47 Å². The average Bonchev–Trinajstić information content (AvgIpc) is 2.53. The van der Waals surface area contributed by atoms with Crippen molar-refractivity contribution in [1.82, 2.24) is 0 Å². The molecule has 3 heteroatoms. The zero-order valence-corrected chi connectivity index (χ0v) is 11.7. The van der Waals surface area contributed by atoms with Crippen molar-refractivity contribution in [3.8, 4) is 17.6 Å². The fourth-order valence-corrected chi connectivity index (χ4v) is 2.18. The number of nitriles is 1. The molecule has 0 N–H and O–H groups in total. The largest absolute Gasteiger partial charge is 0.497 e. The number of ether oxygens (including phenoxy) is 2. The van der Waals surface area contributed by atoms with Crippen molar-refractivity contribution >= 4 is 0 Å². The molecular formula is C17H17NO2. The highest BCUT2D eigenvalue weighted by Crippen LogP contribution is 2.29. The summed E-state index contributed by atoms with van der Waals surface area (Å²) in [6.45, 7) is 0. The van der Waals surface area contributed by atoms with E-state index in [9.17, 15) is 5.26 Å². The van der Waals surface area contributed by atoms with Crippen LogP contribution in [0.2, 0.25) is 0 Å². The summed E-state index contributed by atoms with van der Waals surface area (Å²) in [7, 11) is 3.27. The van der Waals surface area contributed by atoms with Crippen molar-refractivity contribution in [2.45, 2.75) is 12.3 Å². The van der Waals surface area contributed by atoms with Crippen LogP contribution in [0.5, 0.6) is 11.5 Å². The molecule has 0 aromatic heterocycles. The number of benzene rings is 2. The van der Waals surface area contributed by atoms with Crippen LogP contribution in [0.3, 0.4) is 0 Å². The van der Waals surface area contributed by atoms with Crippen molar-refractivity contribution < 1.29 is 9.47 Å². The minimum atomic E-state index is -0.223. The monoisotopic (exact) mass is 267 g/mol. The Balaban J connectivity index is 2.22. The summed E-state index contributed by atoms with van der Waals surface area (Å²) in [6.07, 6.45) is 0.654. The summed E-state index contributed by atoms with van der Waals surface area (Å²) in [4.78, 5) is 0. The number of methoxy groups -OCH3 is 2. The molecule has 0 aliphatic rings. The Morgan fingerprint density at radius 1 is 1.00 bits per heavy atom. The smallest absolute Gasteiger partial charge is 0.123 e. The van der Waals surface area contributed by atoms with E-state index in [2.05, 4.69) is 6.07 Å². The highest BCUT2D eigenvalue weighted by Gasteiger charge is 2.15. The molecule has 0 fully saturated rings. The minimum Gasteiger partial charge on any atom is -0.497 e. The number of para-hydroxylation sites is 1. The van der Waals surface area contributed by atoms with Crippen molar-refractivity contribution in [1.29, 1.82) is 5.26 Å². The molecule has 1 atom stereocenters. The summed E-state index contributed by atoms with van der Waals surface area (Å²) >= 11 is 0. The van der Waals surface area contributed by atoms with E-state index in [1.807, 2.05) is 48.5 Å². The highest BCUT2D eigenvalue weighted by atomic mass is 16.5. The summed E-state index contributed by atoms with van der Waals surface area (Å²) in [6, 6.07) is 17.8. The first-order valence-electron chi connectivity index (χ1n) is 6.44. The van der Waals surface area contributed by atoms with Gasteiger partial charge in [-0.3, -0.25) is 0 Å². The maximum absolute atomic E-state index is 9.43. The van der Waals surface area contributed by atoms with Gasteiger partial charge in [-0.05, 0) is 30.2 Å². The molecule has 0 saturated carbocycles. The third kappa shape index (κ3) is 3.10. The fourth-order valence-electron chi connectivity index (χ4n) is 2.18. The molecule has 0 bridgehead atoms. The van der Waals surface area contributed by atoms with Gasteiger partial charge in [-0.1, -0.05) is 30.3 Å². The van der Waals surface area contributed by atoms with E-state index in [1.165, 1.54) is 0 Å². The molecule has 1 unspecified atom stereocenters. The van der Waals surface area contributed by atoms with Gasteiger partial charge in [0.1, 0.15) is 11.5 Å². The topological polar surface area (TPSA) is 42.2 Å². The van der Waals surface area contributed by atoms with Gasteiger partial charge >= 0.3 is 0 Å². The molecule has 20 heavy (non-hydrogen) atoms. The second-order valence-electron chi connectivity index (χ2n) is 4.48. The predicted molar refractivity (Wildman–Crippen MR) is 78.0 cm³/mol. The second kappa shape index (κ2) is 6.63. The quantitative estimate of drug-likeness (QED) is 0.832. The number of nitrogens with zero attached hydrogens (tertiary/aromatic N) is 1.